The minimum absolute atomic E-state index is 0.231. The van der Waals surface area contributed by atoms with E-state index in [9.17, 15) is 9.90 Å². The monoisotopic (exact) mass is 270 g/mol. The number of fused-ring (bicyclic) bond motifs is 1. The number of carbonyl (C=O) groups is 1. The van der Waals surface area contributed by atoms with E-state index in [0.717, 1.165) is 17.0 Å². The number of hydrogen-bond donors (Lipinski definition) is 1. The first-order valence-electron chi connectivity index (χ1n) is 6.24. The zero-order chi connectivity index (χ0) is 14.3. The molecule has 0 fully saturated rings. The molecule has 0 aliphatic heterocycles. The average Bonchev–Trinajstić information content (AvgIpc) is 2.94. The molecule has 6 heteroatoms. The lowest BCUT2D eigenvalue weighted by molar-refractivity contribution is 0.0699. The number of rotatable bonds is 3. The SMILES string of the molecule is Cc1nc2c(C(=O)O)cccc2n1Cc1ccnn1C. The Morgan fingerprint density at radius 1 is 1.35 bits per heavy atom. The molecule has 1 aromatic carbocycles. The van der Waals surface area contributed by atoms with Gasteiger partial charge < -0.3 is 9.67 Å². The maximum Gasteiger partial charge on any atom is 0.337 e. The molecule has 0 aliphatic carbocycles. The van der Waals surface area contributed by atoms with Crippen LogP contribution in [0.5, 0.6) is 0 Å². The predicted octanol–water partition coefficient (Wildman–Crippen LogP) is 1.82. The van der Waals surface area contributed by atoms with Crippen molar-refractivity contribution in [1.29, 1.82) is 0 Å². The second kappa shape index (κ2) is 4.48. The first-order chi connectivity index (χ1) is 9.58. The van der Waals surface area contributed by atoms with Crippen molar-refractivity contribution < 1.29 is 9.90 Å². The summed E-state index contributed by atoms with van der Waals surface area (Å²) in [6, 6.07) is 7.14. The van der Waals surface area contributed by atoms with Gasteiger partial charge in [0.25, 0.3) is 0 Å². The summed E-state index contributed by atoms with van der Waals surface area (Å²) >= 11 is 0. The number of aryl methyl sites for hydroxylation is 2. The van der Waals surface area contributed by atoms with Gasteiger partial charge in [-0.1, -0.05) is 6.07 Å². The van der Waals surface area contributed by atoms with Gasteiger partial charge in [0.2, 0.25) is 0 Å². The highest BCUT2D eigenvalue weighted by molar-refractivity contribution is 6.01. The Morgan fingerprint density at radius 2 is 2.15 bits per heavy atom. The van der Waals surface area contributed by atoms with Crippen LogP contribution in [0.4, 0.5) is 0 Å². The number of carboxylic acid groups (broad SMARTS) is 1. The van der Waals surface area contributed by atoms with E-state index >= 15 is 0 Å². The minimum Gasteiger partial charge on any atom is -0.478 e. The third kappa shape index (κ3) is 1.85. The normalized spacial score (nSPS) is 11.1. The highest BCUT2D eigenvalue weighted by Crippen LogP contribution is 2.21. The number of nitrogens with zero attached hydrogens (tertiary/aromatic N) is 4. The Labute approximate surface area is 115 Å². The van der Waals surface area contributed by atoms with Crippen LogP contribution in [0.1, 0.15) is 21.9 Å². The van der Waals surface area contributed by atoms with E-state index < -0.39 is 5.97 Å². The standard InChI is InChI=1S/C14H14N4O2/c1-9-16-13-11(14(19)20)4-3-5-12(13)18(9)8-10-6-7-15-17(10)2/h3-7H,8H2,1-2H3,(H,19,20). The highest BCUT2D eigenvalue weighted by Gasteiger charge is 2.15. The molecule has 1 N–H and O–H groups in total. The molecule has 0 saturated heterocycles. The van der Waals surface area contributed by atoms with Crippen LogP contribution in [0.15, 0.2) is 30.5 Å². The molecule has 0 saturated carbocycles. The van der Waals surface area contributed by atoms with Gasteiger partial charge in [-0.3, -0.25) is 4.68 Å². The second-order valence-corrected chi connectivity index (χ2v) is 4.67. The molecular weight excluding hydrogens is 256 g/mol. The molecule has 2 heterocycles. The number of hydrogen-bond acceptors (Lipinski definition) is 3. The van der Waals surface area contributed by atoms with Crippen LogP contribution >= 0.6 is 0 Å². The van der Waals surface area contributed by atoms with Crippen LogP contribution in [0.3, 0.4) is 0 Å². The lowest BCUT2D eigenvalue weighted by atomic mass is 10.2. The molecule has 3 rings (SSSR count). The fraction of sp³-hybridized carbons (Fsp3) is 0.214. The molecule has 0 unspecified atom stereocenters. The van der Waals surface area contributed by atoms with Crippen molar-refractivity contribution in [3.8, 4) is 0 Å². The highest BCUT2D eigenvalue weighted by atomic mass is 16.4. The topological polar surface area (TPSA) is 72.9 Å². The third-order valence-corrected chi connectivity index (χ3v) is 3.44. The molecule has 20 heavy (non-hydrogen) atoms. The van der Waals surface area contributed by atoms with Gasteiger partial charge in [0, 0.05) is 13.2 Å². The van der Waals surface area contributed by atoms with Crippen LogP contribution in [-0.2, 0) is 13.6 Å². The van der Waals surface area contributed by atoms with Gasteiger partial charge >= 0.3 is 5.97 Å². The largest absolute Gasteiger partial charge is 0.478 e. The Hall–Kier alpha value is -2.63. The zero-order valence-electron chi connectivity index (χ0n) is 11.2. The fourth-order valence-corrected chi connectivity index (χ4v) is 2.35. The first kappa shape index (κ1) is 12.4. The Morgan fingerprint density at radius 3 is 2.80 bits per heavy atom. The quantitative estimate of drug-likeness (QED) is 0.788. The van der Waals surface area contributed by atoms with E-state index in [4.69, 9.17) is 0 Å². The third-order valence-electron chi connectivity index (χ3n) is 3.44. The summed E-state index contributed by atoms with van der Waals surface area (Å²) in [5.74, 6) is -0.171. The maximum atomic E-state index is 11.2. The predicted molar refractivity (Wildman–Crippen MR) is 73.7 cm³/mol. The van der Waals surface area contributed by atoms with Gasteiger partial charge in [0.15, 0.2) is 0 Å². The van der Waals surface area contributed by atoms with Gasteiger partial charge in [-0.25, -0.2) is 9.78 Å². The van der Waals surface area contributed by atoms with Gasteiger partial charge in [0.05, 0.1) is 23.3 Å². The summed E-state index contributed by atoms with van der Waals surface area (Å²) in [7, 11) is 1.88. The summed E-state index contributed by atoms with van der Waals surface area (Å²) in [6.07, 6.45) is 1.74. The number of benzene rings is 1. The second-order valence-electron chi connectivity index (χ2n) is 4.67. The van der Waals surface area contributed by atoms with Crippen LogP contribution < -0.4 is 0 Å². The van der Waals surface area contributed by atoms with Gasteiger partial charge in [0.1, 0.15) is 11.3 Å². The molecular formula is C14H14N4O2. The van der Waals surface area contributed by atoms with E-state index in [1.807, 2.05) is 30.7 Å². The van der Waals surface area contributed by atoms with Crippen molar-refractivity contribution in [1.82, 2.24) is 19.3 Å². The van der Waals surface area contributed by atoms with E-state index in [-0.39, 0.29) is 5.56 Å². The molecule has 0 spiro atoms. The van der Waals surface area contributed by atoms with Crippen LogP contribution in [0.25, 0.3) is 11.0 Å². The molecule has 6 nitrogen and oxygen atoms in total. The summed E-state index contributed by atoms with van der Waals surface area (Å²) in [4.78, 5) is 15.6. The Bertz CT molecular complexity index is 801. The number of imidazole rings is 1. The zero-order valence-corrected chi connectivity index (χ0v) is 11.2. The number of para-hydroxylation sites is 1. The summed E-state index contributed by atoms with van der Waals surface area (Å²) in [6.45, 7) is 2.49. The number of carboxylic acids is 1. The molecule has 0 radical (unpaired) electrons. The van der Waals surface area contributed by atoms with E-state index in [0.29, 0.717) is 12.1 Å². The molecule has 0 aliphatic rings. The summed E-state index contributed by atoms with van der Waals surface area (Å²) in [5.41, 5.74) is 2.62. The van der Waals surface area contributed by atoms with Crippen LogP contribution in [-0.4, -0.2) is 30.4 Å². The van der Waals surface area contributed by atoms with E-state index in [2.05, 4.69) is 10.1 Å². The Balaban J connectivity index is 2.17. The maximum absolute atomic E-state index is 11.2. The fourth-order valence-electron chi connectivity index (χ4n) is 2.35. The molecule has 102 valence electrons. The lowest BCUT2D eigenvalue weighted by Crippen LogP contribution is -2.07. The lowest BCUT2D eigenvalue weighted by Gasteiger charge is -2.07. The molecule has 2 aromatic heterocycles. The Kier molecular flexibility index (Phi) is 2.78. The van der Waals surface area contributed by atoms with E-state index in [1.165, 1.54) is 0 Å². The van der Waals surface area contributed by atoms with Crippen molar-refractivity contribution >= 4 is 17.0 Å². The number of aromatic carboxylic acids is 1. The molecule has 0 bridgehead atoms. The van der Waals surface area contributed by atoms with Crippen molar-refractivity contribution in [2.75, 3.05) is 0 Å². The van der Waals surface area contributed by atoms with Gasteiger partial charge in [-0.05, 0) is 25.1 Å². The van der Waals surface area contributed by atoms with Crippen molar-refractivity contribution in [2.24, 2.45) is 7.05 Å². The van der Waals surface area contributed by atoms with Gasteiger partial charge in [-0.15, -0.1) is 0 Å². The number of aromatic nitrogens is 4. The summed E-state index contributed by atoms with van der Waals surface area (Å²) < 4.78 is 3.80. The molecule has 0 amide bonds. The van der Waals surface area contributed by atoms with Crippen molar-refractivity contribution in [2.45, 2.75) is 13.5 Å². The smallest absolute Gasteiger partial charge is 0.337 e. The first-order valence-corrected chi connectivity index (χ1v) is 6.24. The summed E-state index contributed by atoms with van der Waals surface area (Å²) in [5, 5.41) is 13.4. The van der Waals surface area contributed by atoms with Gasteiger partial charge in [-0.2, -0.15) is 5.10 Å². The average molecular weight is 270 g/mol. The van der Waals surface area contributed by atoms with Crippen LogP contribution in [0.2, 0.25) is 0 Å². The van der Waals surface area contributed by atoms with E-state index in [1.54, 1.807) is 23.0 Å². The molecule has 0 atom stereocenters. The van der Waals surface area contributed by atoms with Crippen molar-refractivity contribution in [3.63, 3.8) is 0 Å². The minimum atomic E-state index is -0.958. The molecule has 3 aromatic rings. The van der Waals surface area contributed by atoms with Crippen molar-refractivity contribution in [3.05, 3.63) is 47.5 Å². The van der Waals surface area contributed by atoms with Crippen LogP contribution in [0, 0.1) is 6.92 Å².